The summed E-state index contributed by atoms with van der Waals surface area (Å²) in [7, 11) is 0. The second-order valence-electron chi connectivity index (χ2n) is 2.65. The van der Waals surface area contributed by atoms with Gasteiger partial charge in [0, 0.05) is 6.07 Å². The SMILES string of the molecule is O=[N+]([O-])c1ccccc1SCCCS. The Morgan fingerprint density at radius 1 is 1.43 bits per heavy atom. The maximum absolute atomic E-state index is 10.6. The van der Waals surface area contributed by atoms with E-state index in [2.05, 4.69) is 12.6 Å². The highest BCUT2D eigenvalue weighted by atomic mass is 32.2. The van der Waals surface area contributed by atoms with Gasteiger partial charge in [-0.1, -0.05) is 12.1 Å². The Labute approximate surface area is 92.5 Å². The van der Waals surface area contributed by atoms with Crippen LogP contribution >= 0.6 is 24.4 Å². The molecule has 0 aliphatic carbocycles. The molecule has 0 aliphatic heterocycles. The molecule has 1 aromatic rings. The van der Waals surface area contributed by atoms with E-state index in [0.717, 1.165) is 22.8 Å². The molecule has 0 atom stereocenters. The quantitative estimate of drug-likeness (QED) is 0.277. The van der Waals surface area contributed by atoms with Crippen LogP contribution in [0.15, 0.2) is 29.2 Å². The number of nitrogens with zero attached hydrogens (tertiary/aromatic N) is 1. The number of thiol groups is 1. The third-order valence-corrected chi connectivity index (χ3v) is 3.09. The first kappa shape index (κ1) is 11.4. The summed E-state index contributed by atoms with van der Waals surface area (Å²) in [4.78, 5) is 11.0. The number of nitro benzene ring substituents is 1. The first-order chi connectivity index (χ1) is 6.75. The summed E-state index contributed by atoms with van der Waals surface area (Å²) < 4.78 is 0. The van der Waals surface area contributed by atoms with E-state index in [0.29, 0.717) is 0 Å². The molecule has 5 heteroatoms. The number of benzene rings is 1. The van der Waals surface area contributed by atoms with Gasteiger partial charge in [-0.15, -0.1) is 11.8 Å². The van der Waals surface area contributed by atoms with Crippen LogP contribution in [0.5, 0.6) is 0 Å². The molecule has 0 amide bonds. The number of rotatable bonds is 5. The van der Waals surface area contributed by atoms with Crippen molar-refractivity contribution in [1.29, 1.82) is 0 Å². The summed E-state index contributed by atoms with van der Waals surface area (Å²) in [5, 5.41) is 10.6. The summed E-state index contributed by atoms with van der Waals surface area (Å²) in [5.74, 6) is 1.68. The van der Waals surface area contributed by atoms with Gasteiger partial charge >= 0.3 is 0 Å². The molecule has 14 heavy (non-hydrogen) atoms. The molecule has 1 rings (SSSR count). The molecular formula is C9H11NO2S2. The van der Waals surface area contributed by atoms with Crippen molar-refractivity contribution < 1.29 is 4.92 Å². The topological polar surface area (TPSA) is 43.1 Å². The standard InChI is InChI=1S/C9H11NO2S2/c11-10(12)8-4-1-2-5-9(8)14-7-3-6-13/h1-2,4-5,13H,3,6-7H2. The normalized spacial score (nSPS) is 10.1. The molecule has 0 heterocycles. The average molecular weight is 229 g/mol. The lowest BCUT2D eigenvalue weighted by Gasteiger charge is -2.00. The van der Waals surface area contributed by atoms with Gasteiger partial charge in [-0.05, 0) is 24.0 Å². The molecule has 0 aromatic heterocycles. The van der Waals surface area contributed by atoms with Gasteiger partial charge in [-0.2, -0.15) is 12.6 Å². The van der Waals surface area contributed by atoms with Crippen LogP contribution < -0.4 is 0 Å². The molecule has 0 fully saturated rings. The van der Waals surface area contributed by atoms with Gasteiger partial charge in [-0.25, -0.2) is 0 Å². The summed E-state index contributed by atoms with van der Waals surface area (Å²) in [5.41, 5.74) is 0.191. The Morgan fingerprint density at radius 2 is 2.14 bits per heavy atom. The Hall–Kier alpha value is -0.680. The van der Waals surface area contributed by atoms with Crippen LogP contribution in [-0.4, -0.2) is 16.4 Å². The first-order valence-corrected chi connectivity index (χ1v) is 5.84. The molecular weight excluding hydrogens is 218 g/mol. The molecule has 0 unspecified atom stereocenters. The highest BCUT2D eigenvalue weighted by molar-refractivity contribution is 7.99. The van der Waals surface area contributed by atoms with E-state index in [1.54, 1.807) is 12.1 Å². The zero-order valence-electron chi connectivity index (χ0n) is 7.55. The minimum absolute atomic E-state index is 0.191. The van der Waals surface area contributed by atoms with Crippen LogP contribution in [0, 0.1) is 10.1 Å². The third kappa shape index (κ3) is 3.23. The molecule has 76 valence electrons. The van der Waals surface area contributed by atoms with Crippen LogP contribution in [0.2, 0.25) is 0 Å². The maximum Gasteiger partial charge on any atom is 0.282 e. The van der Waals surface area contributed by atoms with Crippen molar-refractivity contribution in [3.63, 3.8) is 0 Å². The van der Waals surface area contributed by atoms with Gasteiger partial charge in [0.05, 0.1) is 9.82 Å². The second kappa shape index (κ2) is 5.93. The fourth-order valence-corrected chi connectivity index (χ4v) is 2.32. The van der Waals surface area contributed by atoms with Crippen molar-refractivity contribution in [2.45, 2.75) is 11.3 Å². The van der Waals surface area contributed by atoms with E-state index in [-0.39, 0.29) is 10.6 Å². The Bertz CT molecular complexity index is 317. The summed E-state index contributed by atoms with van der Waals surface area (Å²) in [6.07, 6.45) is 0.958. The summed E-state index contributed by atoms with van der Waals surface area (Å²) in [6, 6.07) is 6.81. The third-order valence-electron chi connectivity index (χ3n) is 1.62. The predicted octanol–water partition coefficient (Wildman–Crippen LogP) is 3.01. The highest BCUT2D eigenvalue weighted by Crippen LogP contribution is 2.28. The van der Waals surface area contributed by atoms with Gasteiger partial charge in [0.2, 0.25) is 0 Å². The minimum Gasteiger partial charge on any atom is -0.258 e. The smallest absolute Gasteiger partial charge is 0.258 e. The number of nitro groups is 1. The Balaban J connectivity index is 2.69. The minimum atomic E-state index is -0.344. The lowest BCUT2D eigenvalue weighted by atomic mass is 10.3. The molecule has 0 N–H and O–H groups in total. The van der Waals surface area contributed by atoms with Crippen molar-refractivity contribution >= 4 is 30.1 Å². The van der Waals surface area contributed by atoms with E-state index in [4.69, 9.17) is 0 Å². The van der Waals surface area contributed by atoms with E-state index in [1.807, 2.05) is 6.07 Å². The van der Waals surface area contributed by atoms with Crippen molar-refractivity contribution in [2.75, 3.05) is 11.5 Å². The molecule has 0 aliphatic rings. The zero-order valence-corrected chi connectivity index (χ0v) is 9.26. The number of thioether (sulfide) groups is 1. The van der Waals surface area contributed by atoms with Crippen LogP contribution in [0.3, 0.4) is 0 Å². The largest absolute Gasteiger partial charge is 0.282 e. The highest BCUT2D eigenvalue weighted by Gasteiger charge is 2.11. The predicted molar refractivity (Wildman–Crippen MR) is 62.3 cm³/mol. The van der Waals surface area contributed by atoms with E-state index in [1.165, 1.54) is 17.8 Å². The molecule has 3 nitrogen and oxygen atoms in total. The van der Waals surface area contributed by atoms with Crippen LogP contribution in [-0.2, 0) is 0 Å². The summed E-state index contributed by atoms with van der Waals surface area (Å²) in [6.45, 7) is 0. The van der Waals surface area contributed by atoms with E-state index in [9.17, 15) is 10.1 Å². The van der Waals surface area contributed by atoms with Gasteiger partial charge in [0.1, 0.15) is 0 Å². The molecule has 0 spiro atoms. The van der Waals surface area contributed by atoms with Crippen LogP contribution in [0.1, 0.15) is 6.42 Å². The molecule has 0 saturated carbocycles. The van der Waals surface area contributed by atoms with Gasteiger partial charge in [-0.3, -0.25) is 10.1 Å². The van der Waals surface area contributed by atoms with E-state index >= 15 is 0 Å². The lowest BCUT2D eigenvalue weighted by molar-refractivity contribution is -0.387. The fraction of sp³-hybridized carbons (Fsp3) is 0.333. The van der Waals surface area contributed by atoms with Crippen LogP contribution in [0.4, 0.5) is 5.69 Å². The second-order valence-corrected chi connectivity index (χ2v) is 4.23. The first-order valence-electron chi connectivity index (χ1n) is 4.23. The fourth-order valence-electron chi connectivity index (χ4n) is 0.977. The maximum atomic E-state index is 10.6. The van der Waals surface area contributed by atoms with Crippen molar-refractivity contribution in [3.05, 3.63) is 34.4 Å². The number of hydrogen-bond acceptors (Lipinski definition) is 4. The zero-order chi connectivity index (χ0) is 10.4. The molecule has 0 radical (unpaired) electrons. The molecule has 0 saturated heterocycles. The van der Waals surface area contributed by atoms with Gasteiger partial charge < -0.3 is 0 Å². The Morgan fingerprint density at radius 3 is 2.79 bits per heavy atom. The average Bonchev–Trinajstić information content (AvgIpc) is 2.19. The van der Waals surface area contributed by atoms with Crippen molar-refractivity contribution in [3.8, 4) is 0 Å². The van der Waals surface area contributed by atoms with Crippen molar-refractivity contribution in [2.24, 2.45) is 0 Å². The summed E-state index contributed by atoms with van der Waals surface area (Å²) >= 11 is 5.60. The molecule has 0 bridgehead atoms. The number of para-hydroxylation sites is 1. The molecule has 1 aromatic carbocycles. The number of hydrogen-bond donors (Lipinski definition) is 1. The van der Waals surface area contributed by atoms with Crippen molar-refractivity contribution in [1.82, 2.24) is 0 Å². The van der Waals surface area contributed by atoms with Gasteiger partial charge in [0.15, 0.2) is 0 Å². The van der Waals surface area contributed by atoms with Crippen LogP contribution in [0.25, 0.3) is 0 Å². The lowest BCUT2D eigenvalue weighted by Crippen LogP contribution is -1.91. The Kier molecular flexibility index (Phi) is 4.82. The van der Waals surface area contributed by atoms with E-state index < -0.39 is 0 Å². The monoisotopic (exact) mass is 229 g/mol. The van der Waals surface area contributed by atoms with Gasteiger partial charge in [0.25, 0.3) is 5.69 Å².